The molecule has 0 N–H and O–H groups in total. The summed E-state index contributed by atoms with van der Waals surface area (Å²) in [6, 6.07) is 7.76. The van der Waals surface area contributed by atoms with Crippen LogP contribution in [-0.2, 0) is 9.47 Å². The molecule has 0 bridgehead atoms. The molecule has 2 aromatic heterocycles. The lowest BCUT2D eigenvalue weighted by atomic mass is 10.0. The van der Waals surface area contributed by atoms with Crippen LogP contribution in [0, 0.1) is 0 Å². The predicted octanol–water partition coefficient (Wildman–Crippen LogP) is 2.17. The van der Waals surface area contributed by atoms with E-state index in [0.29, 0.717) is 13.2 Å². The van der Waals surface area contributed by atoms with Gasteiger partial charge in [-0.05, 0) is 24.3 Å². The number of nitrogens with zero attached hydrogens (tertiary/aromatic N) is 5. The van der Waals surface area contributed by atoms with Crippen LogP contribution in [0.25, 0.3) is 16.7 Å². The molecule has 8 heteroatoms. The molecule has 4 heterocycles. The first-order valence-electron chi connectivity index (χ1n) is 9.14. The normalized spacial score (nSPS) is 19.1. The van der Waals surface area contributed by atoms with Gasteiger partial charge in [-0.2, -0.15) is 5.10 Å². The van der Waals surface area contributed by atoms with Crippen LogP contribution in [0.5, 0.6) is 5.75 Å². The fourth-order valence-corrected chi connectivity index (χ4v) is 3.84. The number of hydrogen-bond donors (Lipinski definition) is 0. The standard InChI is InChI=1S/C19H21N5O3/c1-25-15-4-2-14(3-5-15)24-18-16(12-22-24)17(20-13-21-18)23-8-6-19(7-9-23)26-10-11-27-19/h2-5,12-13H,6-11H2,1H3. The second-order valence-corrected chi connectivity index (χ2v) is 6.78. The van der Waals surface area contributed by atoms with Crippen LogP contribution in [0.15, 0.2) is 36.8 Å². The van der Waals surface area contributed by atoms with Crippen LogP contribution >= 0.6 is 0 Å². The van der Waals surface area contributed by atoms with Crippen LogP contribution in [0.3, 0.4) is 0 Å². The van der Waals surface area contributed by atoms with Gasteiger partial charge in [-0.3, -0.25) is 0 Å². The van der Waals surface area contributed by atoms with Gasteiger partial charge in [0.15, 0.2) is 11.4 Å². The Balaban J connectivity index is 1.45. The predicted molar refractivity (Wildman–Crippen MR) is 99.3 cm³/mol. The second kappa shape index (κ2) is 6.47. The van der Waals surface area contributed by atoms with Gasteiger partial charge in [-0.25, -0.2) is 14.6 Å². The monoisotopic (exact) mass is 367 g/mol. The van der Waals surface area contributed by atoms with Gasteiger partial charge in [-0.1, -0.05) is 0 Å². The zero-order valence-electron chi connectivity index (χ0n) is 15.2. The number of piperidine rings is 1. The number of anilines is 1. The summed E-state index contributed by atoms with van der Waals surface area (Å²) in [5, 5.41) is 5.49. The van der Waals surface area contributed by atoms with Crippen molar-refractivity contribution in [2.45, 2.75) is 18.6 Å². The third-order valence-corrected chi connectivity index (χ3v) is 5.30. The third kappa shape index (κ3) is 2.81. The molecule has 2 aliphatic rings. The summed E-state index contributed by atoms with van der Waals surface area (Å²) < 4.78 is 18.7. The molecule has 0 amide bonds. The summed E-state index contributed by atoms with van der Waals surface area (Å²) >= 11 is 0. The minimum absolute atomic E-state index is 0.393. The first-order valence-corrected chi connectivity index (χ1v) is 9.14. The van der Waals surface area contributed by atoms with Crippen LogP contribution in [-0.4, -0.2) is 58.9 Å². The van der Waals surface area contributed by atoms with E-state index in [0.717, 1.165) is 54.2 Å². The molecule has 1 aromatic carbocycles. The topological polar surface area (TPSA) is 74.5 Å². The quantitative estimate of drug-likeness (QED) is 0.702. The first kappa shape index (κ1) is 16.5. The molecule has 27 heavy (non-hydrogen) atoms. The highest BCUT2D eigenvalue weighted by Gasteiger charge is 2.40. The fraction of sp³-hybridized carbons (Fsp3) is 0.421. The van der Waals surface area contributed by atoms with Crippen LogP contribution in [0.2, 0.25) is 0 Å². The lowest BCUT2D eigenvalue weighted by Gasteiger charge is -2.38. The summed E-state index contributed by atoms with van der Waals surface area (Å²) in [5.41, 5.74) is 1.72. The highest BCUT2D eigenvalue weighted by atomic mass is 16.7. The van der Waals surface area contributed by atoms with Crippen molar-refractivity contribution in [1.29, 1.82) is 0 Å². The van der Waals surface area contributed by atoms with Crippen molar-refractivity contribution in [1.82, 2.24) is 19.7 Å². The molecular weight excluding hydrogens is 346 g/mol. The van der Waals surface area contributed by atoms with Crippen molar-refractivity contribution >= 4 is 16.9 Å². The molecule has 3 aromatic rings. The molecule has 0 aliphatic carbocycles. The van der Waals surface area contributed by atoms with Crippen LogP contribution in [0.1, 0.15) is 12.8 Å². The minimum Gasteiger partial charge on any atom is -0.497 e. The molecule has 0 unspecified atom stereocenters. The Labute approximate surface area is 156 Å². The van der Waals surface area contributed by atoms with Crippen LogP contribution in [0.4, 0.5) is 5.82 Å². The molecule has 0 radical (unpaired) electrons. The molecule has 2 aliphatic heterocycles. The number of rotatable bonds is 3. The number of benzene rings is 1. The van der Waals surface area contributed by atoms with E-state index in [2.05, 4.69) is 20.0 Å². The Hall–Kier alpha value is -2.71. The zero-order valence-corrected chi connectivity index (χ0v) is 15.2. The van der Waals surface area contributed by atoms with E-state index < -0.39 is 5.79 Å². The molecule has 0 saturated carbocycles. The molecule has 140 valence electrons. The summed E-state index contributed by atoms with van der Waals surface area (Å²) in [7, 11) is 1.65. The van der Waals surface area contributed by atoms with Crippen molar-refractivity contribution in [3.63, 3.8) is 0 Å². The Bertz CT molecular complexity index is 940. The van der Waals surface area contributed by atoms with E-state index in [-0.39, 0.29) is 0 Å². The van der Waals surface area contributed by atoms with E-state index in [4.69, 9.17) is 14.2 Å². The highest BCUT2D eigenvalue weighted by molar-refractivity contribution is 5.87. The number of aromatic nitrogens is 4. The zero-order chi connectivity index (χ0) is 18.3. The molecule has 8 nitrogen and oxygen atoms in total. The summed E-state index contributed by atoms with van der Waals surface area (Å²) in [6.45, 7) is 3.04. The average Bonchev–Trinajstić information content (AvgIpc) is 3.36. The van der Waals surface area contributed by atoms with Gasteiger partial charge in [0, 0.05) is 25.9 Å². The largest absolute Gasteiger partial charge is 0.497 e. The second-order valence-electron chi connectivity index (χ2n) is 6.78. The molecule has 5 rings (SSSR count). The highest BCUT2D eigenvalue weighted by Crippen LogP contribution is 2.34. The Morgan fingerprint density at radius 2 is 1.78 bits per heavy atom. The Morgan fingerprint density at radius 3 is 2.48 bits per heavy atom. The number of ether oxygens (including phenoxy) is 3. The molecule has 2 fully saturated rings. The van der Waals surface area contributed by atoms with Crippen molar-refractivity contribution in [3.8, 4) is 11.4 Å². The van der Waals surface area contributed by atoms with Crippen molar-refractivity contribution in [3.05, 3.63) is 36.8 Å². The smallest absolute Gasteiger partial charge is 0.171 e. The van der Waals surface area contributed by atoms with Gasteiger partial charge in [0.05, 0.1) is 37.6 Å². The fourth-order valence-electron chi connectivity index (χ4n) is 3.84. The number of methoxy groups -OCH3 is 1. The van der Waals surface area contributed by atoms with Gasteiger partial charge in [0.1, 0.15) is 17.9 Å². The molecule has 1 spiro atoms. The van der Waals surface area contributed by atoms with E-state index in [1.807, 2.05) is 35.1 Å². The van der Waals surface area contributed by atoms with E-state index in [9.17, 15) is 0 Å². The minimum atomic E-state index is -0.393. The average molecular weight is 367 g/mol. The van der Waals surface area contributed by atoms with Crippen molar-refractivity contribution in [2.75, 3.05) is 38.3 Å². The Kier molecular flexibility index (Phi) is 3.95. The maximum absolute atomic E-state index is 5.83. The maximum Gasteiger partial charge on any atom is 0.171 e. The maximum atomic E-state index is 5.83. The lowest BCUT2D eigenvalue weighted by molar-refractivity contribution is -0.169. The van der Waals surface area contributed by atoms with Gasteiger partial charge >= 0.3 is 0 Å². The van der Waals surface area contributed by atoms with Gasteiger partial charge in [0.2, 0.25) is 0 Å². The number of fused-ring (bicyclic) bond motifs is 1. The van der Waals surface area contributed by atoms with Crippen molar-refractivity contribution < 1.29 is 14.2 Å². The number of hydrogen-bond acceptors (Lipinski definition) is 7. The van der Waals surface area contributed by atoms with Crippen LogP contribution < -0.4 is 9.64 Å². The summed E-state index contributed by atoms with van der Waals surface area (Å²) in [5.74, 6) is 1.33. The third-order valence-electron chi connectivity index (χ3n) is 5.30. The first-order chi connectivity index (χ1) is 13.3. The summed E-state index contributed by atoms with van der Waals surface area (Å²) in [4.78, 5) is 11.3. The summed E-state index contributed by atoms with van der Waals surface area (Å²) in [6.07, 6.45) is 5.12. The van der Waals surface area contributed by atoms with E-state index in [1.165, 1.54) is 0 Å². The molecule has 2 saturated heterocycles. The lowest BCUT2D eigenvalue weighted by Crippen LogP contribution is -2.45. The van der Waals surface area contributed by atoms with E-state index >= 15 is 0 Å². The van der Waals surface area contributed by atoms with Gasteiger partial charge in [0.25, 0.3) is 0 Å². The SMILES string of the molecule is COc1ccc(-n2ncc3c(N4CCC5(CC4)OCCO5)ncnc32)cc1. The Morgan fingerprint density at radius 1 is 1.04 bits per heavy atom. The van der Waals surface area contributed by atoms with Crippen molar-refractivity contribution in [2.24, 2.45) is 0 Å². The molecule has 0 atom stereocenters. The van der Waals surface area contributed by atoms with Gasteiger partial charge < -0.3 is 19.1 Å². The van der Waals surface area contributed by atoms with E-state index in [1.54, 1.807) is 13.4 Å². The van der Waals surface area contributed by atoms with Gasteiger partial charge in [-0.15, -0.1) is 0 Å². The molecular formula is C19H21N5O3.